The van der Waals surface area contributed by atoms with E-state index >= 15 is 0 Å². The topological polar surface area (TPSA) is 48.1 Å². The summed E-state index contributed by atoms with van der Waals surface area (Å²) in [6, 6.07) is 2.01. The maximum atomic E-state index is 6.13. The zero-order chi connectivity index (χ0) is 17.1. The Morgan fingerprint density at radius 3 is 2.72 bits per heavy atom. The highest BCUT2D eigenvalue weighted by atomic mass is 16.5. The maximum absolute atomic E-state index is 6.13. The summed E-state index contributed by atoms with van der Waals surface area (Å²) in [5, 5.41) is 4.35. The summed E-state index contributed by atoms with van der Waals surface area (Å²) >= 11 is 0. The zero-order valence-corrected chi connectivity index (χ0v) is 15.1. The van der Waals surface area contributed by atoms with E-state index in [-0.39, 0.29) is 6.10 Å². The molecule has 0 saturated carbocycles. The Bertz CT molecular complexity index is 645. The van der Waals surface area contributed by atoms with E-state index in [0.29, 0.717) is 5.92 Å². The molecule has 2 atom stereocenters. The minimum absolute atomic E-state index is 0.149. The van der Waals surface area contributed by atoms with E-state index in [4.69, 9.17) is 4.74 Å². The van der Waals surface area contributed by atoms with Crippen molar-refractivity contribution in [2.45, 2.75) is 38.3 Å². The Labute approximate surface area is 149 Å². The van der Waals surface area contributed by atoms with E-state index in [0.717, 1.165) is 31.4 Å². The number of nitrogens with zero attached hydrogens (tertiary/aromatic N) is 5. The van der Waals surface area contributed by atoms with Gasteiger partial charge in [-0.15, -0.1) is 0 Å². The fraction of sp³-hybridized carbons (Fsp3) is 0.684. The third-order valence-electron chi connectivity index (χ3n) is 5.76. The van der Waals surface area contributed by atoms with Gasteiger partial charge in [-0.3, -0.25) is 4.68 Å². The lowest BCUT2D eigenvalue weighted by Gasteiger charge is -2.38. The highest BCUT2D eigenvalue weighted by Crippen LogP contribution is 2.34. The molecule has 0 aliphatic carbocycles. The van der Waals surface area contributed by atoms with E-state index in [2.05, 4.69) is 37.5 Å². The molecule has 0 N–H and O–H groups in total. The summed E-state index contributed by atoms with van der Waals surface area (Å²) in [6.07, 6.45) is 12.9. The van der Waals surface area contributed by atoms with Crippen LogP contribution in [-0.4, -0.2) is 50.5 Å². The van der Waals surface area contributed by atoms with Crippen molar-refractivity contribution in [1.29, 1.82) is 0 Å². The number of imidazole rings is 1. The van der Waals surface area contributed by atoms with Gasteiger partial charge in [0.05, 0.1) is 0 Å². The minimum atomic E-state index is 0.149. The van der Waals surface area contributed by atoms with Crippen molar-refractivity contribution in [3.63, 3.8) is 0 Å². The van der Waals surface area contributed by atoms with Crippen molar-refractivity contribution in [2.24, 2.45) is 18.9 Å². The molecule has 0 radical (unpaired) electrons. The first-order valence-corrected chi connectivity index (χ1v) is 9.58. The van der Waals surface area contributed by atoms with Gasteiger partial charge in [-0.25, -0.2) is 4.98 Å². The summed E-state index contributed by atoms with van der Waals surface area (Å²) in [4.78, 5) is 7.18. The number of likely N-dealkylation sites (tertiary alicyclic amines) is 1. The van der Waals surface area contributed by atoms with Gasteiger partial charge in [-0.1, -0.05) is 0 Å². The number of piperidine rings is 1. The number of aromatic nitrogens is 4. The molecule has 2 aromatic rings. The average Bonchev–Trinajstić information content (AvgIpc) is 3.29. The largest absolute Gasteiger partial charge is 0.370 e. The summed E-state index contributed by atoms with van der Waals surface area (Å²) in [7, 11) is 2.07. The molecule has 4 rings (SSSR count). The van der Waals surface area contributed by atoms with Gasteiger partial charge in [-0.05, 0) is 50.8 Å². The molecular formula is C19H29N5O. The molecule has 25 heavy (non-hydrogen) atoms. The molecule has 2 aliphatic heterocycles. The zero-order valence-electron chi connectivity index (χ0n) is 15.1. The fourth-order valence-electron chi connectivity index (χ4n) is 4.32. The lowest BCUT2D eigenvalue weighted by atomic mass is 9.90. The van der Waals surface area contributed by atoms with E-state index in [9.17, 15) is 0 Å². The normalized spacial score (nSPS) is 26.1. The highest BCUT2D eigenvalue weighted by Gasteiger charge is 2.32. The molecule has 0 spiro atoms. The van der Waals surface area contributed by atoms with Gasteiger partial charge < -0.3 is 14.2 Å². The van der Waals surface area contributed by atoms with Crippen molar-refractivity contribution in [2.75, 3.05) is 26.2 Å². The predicted molar refractivity (Wildman–Crippen MR) is 96.0 cm³/mol. The molecule has 6 nitrogen and oxygen atoms in total. The Balaban J connectivity index is 1.31. The standard InChI is InChI=1S/C19H29N5O/c1-22-12-8-20-19(22)18-17(4-2-13-25-18)15-23-10-5-16(6-11-23)14-24-9-3-7-21-24/h3,7-9,12,16-18H,2,4-6,10-11,13-15H2,1H3/t17-,18+/m0/s1. The van der Waals surface area contributed by atoms with Crippen molar-refractivity contribution >= 4 is 0 Å². The summed E-state index contributed by atoms with van der Waals surface area (Å²) in [5.74, 6) is 2.39. The van der Waals surface area contributed by atoms with Crippen molar-refractivity contribution in [3.05, 3.63) is 36.7 Å². The van der Waals surface area contributed by atoms with E-state index in [1.54, 1.807) is 0 Å². The quantitative estimate of drug-likeness (QED) is 0.837. The van der Waals surface area contributed by atoms with Crippen molar-refractivity contribution < 1.29 is 4.74 Å². The van der Waals surface area contributed by atoms with Crippen molar-refractivity contribution in [1.82, 2.24) is 24.2 Å². The Morgan fingerprint density at radius 2 is 2.00 bits per heavy atom. The maximum Gasteiger partial charge on any atom is 0.137 e. The number of rotatable bonds is 5. The summed E-state index contributed by atoms with van der Waals surface area (Å²) < 4.78 is 10.3. The fourth-order valence-corrected chi connectivity index (χ4v) is 4.32. The van der Waals surface area contributed by atoms with Gasteiger partial charge in [0.25, 0.3) is 0 Å². The first kappa shape index (κ1) is 16.8. The van der Waals surface area contributed by atoms with Crippen LogP contribution >= 0.6 is 0 Å². The first-order valence-electron chi connectivity index (χ1n) is 9.58. The number of ether oxygens (including phenoxy) is 1. The minimum Gasteiger partial charge on any atom is -0.370 e. The number of aryl methyl sites for hydroxylation is 1. The summed E-state index contributed by atoms with van der Waals surface area (Å²) in [6.45, 7) is 5.43. The van der Waals surface area contributed by atoms with Crippen LogP contribution in [0.15, 0.2) is 30.9 Å². The smallest absolute Gasteiger partial charge is 0.137 e. The molecule has 0 aromatic carbocycles. The van der Waals surface area contributed by atoms with Crippen molar-refractivity contribution in [3.8, 4) is 0 Å². The van der Waals surface area contributed by atoms with Gasteiger partial charge in [0, 0.05) is 57.4 Å². The van der Waals surface area contributed by atoms with Crippen LogP contribution < -0.4 is 0 Å². The molecule has 2 fully saturated rings. The number of hydrogen-bond acceptors (Lipinski definition) is 4. The molecule has 6 heteroatoms. The monoisotopic (exact) mass is 343 g/mol. The van der Waals surface area contributed by atoms with Crippen LogP contribution in [-0.2, 0) is 18.3 Å². The van der Waals surface area contributed by atoms with Crippen LogP contribution in [0.5, 0.6) is 0 Å². The molecule has 2 saturated heterocycles. The lowest BCUT2D eigenvalue weighted by Crippen LogP contribution is -2.41. The second kappa shape index (κ2) is 7.70. The molecular weight excluding hydrogens is 314 g/mol. The van der Waals surface area contributed by atoms with E-state index in [1.165, 1.54) is 38.8 Å². The molecule has 2 aliphatic rings. The van der Waals surface area contributed by atoms with Gasteiger partial charge in [0.2, 0.25) is 0 Å². The first-order chi connectivity index (χ1) is 12.3. The average molecular weight is 343 g/mol. The van der Waals surface area contributed by atoms with Gasteiger partial charge in [0.15, 0.2) is 0 Å². The molecule has 2 aromatic heterocycles. The Morgan fingerprint density at radius 1 is 1.12 bits per heavy atom. The van der Waals surface area contributed by atoms with Gasteiger partial charge >= 0.3 is 0 Å². The van der Waals surface area contributed by atoms with Gasteiger partial charge in [-0.2, -0.15) is 5.10 Å². The molecule has 0 amide bonds. The Hall–Kier alpha value is -1.66. The van der Waals surface area contributed by atoms with Gasteiger partial charge in [0.1, 0.15) is 11.9 Å². The molecule has 0 unspecified atom stereocenters. The van der Waals surface area contributed by atoms with E-state index < -0.39 is 0 Å². The van der Waals surface area contributed by atoms with Crippen LogP contribution in [0.2, 0.25) is 0 Å². The third-order valence-corrected chi connectivity index (χ3v) is 5.76. The molecule has 4 heterocycles. The van der Waals surface area contributed by atoms with Crippen LogP contribution in [0.1, 0.15) is 37.6 Å². The second-order valence-electron chi connectivity index (χ2n) is 7.56. The highest BCUT2D eigenvalue weighted by molar-refractivity contribution is 5.00. The van der Waals surface area contributed by atoms with E-state index in [1.807, 2.05) is 24.7 Å². The van der Waals surface area contributed by atoms with Crippen LogP contribution in [0.3, 0.4) is 0 Å². The third kappa shape index (κ3) is 3.96. The molecule has 0 bridgehead atoms. The lowest BCUT2D eigenvalue weighted by molar-refractivity contribution is -0.0477. The number of hydrogen-bond donors (Lipinski definition) is 0. The SMILES string of the molecule is Cn1ccnc1[C@@H]1OCCC[C@H]1CN1CCC(Cn2cccn2)CC1. The Kier molecular flexibility index (Phi) is 5.17. The molecule has 136 valence electrons. The summed E-state index contributed by atoms with van der Waals surface area (Å²) in [5.41, 5.74) is 0. The van der Waals surface area contributed by atoms with Crippen LogP contribution in [0.25, 0.3) is 0 Å². The predicted octanol–water partition coefficient (Wildman–Crippen LogP) is 2.50. The van der Waals surface area contributed by atoms with Crippen LogP contribution in [0, 0.1) is 11.8 Å². The second-order valence-corrected chi connectivity index (χ2v) is 7.56. The van der Waals surface area contributed by atoms with Crippen LogP contribution in [0.4, 0.5) is 0 Å².